The third-order valence-corrected chi connectivity index (χ3v) is 4.84. The second kappa shape index (κ2) is 6.60. The van der Waals surface area contributed by atoms with E-state index in [1.165, 1.54) is 25.7 Å². The van der Waals surface area contributed by atoms with Crippen molar-refractivity contribution in [2.75, 3.05) is 0 Å². The highest BCUT2D eigenvalue weighted by atomic mass is 16.1. The molecular formula is C18H35NO. The Bertz CT molecular complexity index is 325. The van der Waals surface area contributed by atoms with Crippen LogP contribution in [-0.4, -0.2) is 17.9 Å². The number of hydrogen-bond acceptors (Lipinski definition) is 2. The molecule has 0 saturated heterocycles. The van der Waals surface area contributed by atoms with E-state index in [1.54, 1.807) is 0 Å². The van der Waals surface area contributed by atoms with Crippen molar-refractivity contribution in [2.45, 2.75) is 92.7 Å². The Kier molecular flexibility index (Phi) is 5.83. The van der Waals surface area contributed by atoms with Crippen molar-refractivity contribution < 1.29 is 4.79 Å². The molecule has 0 aliphatic heterocycles. The summed E-state index contributed by atoms with van der Waals surface area (Å²) < 4.78 is 0. The van der Waals surface area contributed by atoms with Crippen LogP contribution in [-0.2, 0) is 4.79 Å². The summed E-state index contributed by atoms with van der Waals surface area (Å²) in [6.07, 6.45) is 6.25. The molecule has 1 fully saturated rings. The molecule has 1 N–H and O–H groups in total. The van der Waals surface area contributed by atoms with Crippen molar-refractivity contribution >= 4 is 5.78 Å². The lowest BCUT2D eigenvalue weighted by atomic mass is 9.66. The zero-order chi connectivity index (χ0) is 15.6. The van der Waals surface area contributed by atoms with Gasteiger partial charge in [-0.1, -0.05) is 61.3 Å². The van der Waals surface area contributed by atoms with E-state index in [-0.39, 0.29) is 11.5 Å². The average molecular weight is 281 g/mol. The minimum atomic E-state index is -0.259. The Hall–Kier alpha value is -0.370. The fourth-order valence-corrected chi connectivity index (χ4v) is 3.46. The highest BCUT2D eigenvalue weighted by molar-refractivity contribution is 5.88. The minimum Gasteiger partial charge on any atom is -0.305 e. The van der Waals surface area contributed by atoms with Gasteiger partial charge in [0.15, 0.2) is 5.78 Å². The molecule has 1 aliphatic rings. The normalized spacial score (nSPS) is 24.7. The van der Waals surface area contributed by atoms with Gasteiger partial charge in [0, 0.05) is 11.5 Å². The minimum absolute atomic E-state index is 0.0115. The first-order valence-corrected chi connectivity index (χ1v) is 8.34. The summed E-state index contributed by atoms with van der Waals surface area (Å²) in [5.74, 6) is 1.03. The summed E-state index contributed by atoms with van der Waals surface area (Å²) in [5.41, 5.74) is 0.124. The van der Waals surface area contributed by atoms with Gasteiger partial charge in [-0.25, -0.2) is 0 Å². The maximum absolute atomic E-state index is 12.7. The van der Waals surface area contributed by atoms with Crippen molar-refractivity contribution in [3.05, 3.63) is 0 Å². The number of hydrogen-bond donors (Lipinski definition) is 1. The predicted octanol–water partition coefficient (Wildman–Crippen LogP) is 4.57. The molecule has 20 heavy (non-hydrogen) atoms. The van der Waals surface area contributed by atoms with Crippen LogP contribution in [0.3, 0.4) is 0 Å². The zero-order valence-electron chi connectivity index (χ0n) is 14.7. The van der Waals surface area contributed by atoms with Gasteiger partial charge < -0.3 is 5.32 Å². The van der Waals surface area contributed by atoms with Gasteiger partial charge in [-0.2, -0.15) is 0 Å². The number of rotatable bonds is 5. The predicted molar refractivity (Wildman–Crippen MR) is 86.9 cm³/mol. The molecule has 118 valence electrons. The van der Waals surface area contributed by atoms with E-state index >= 15 is 0 Å². The van der Waals surface area contributed by atoms with Crippen LogP contribution in [0.2, 0.25) is 0 Å². The van der Waals surface area contributed by atoms with E-state index in [0.717, 1.165) is 6.42 Å². The van der Waals surface area contributed by atoms with Crippen LogP contribution in [0, 0.1) is 16.7 Å². The maximum Gasteiger partial charge on any atom is 0.155 e. The monoisotopic (exact) mass is 281 g/mol. The number of Topliss-reactive ketones (excluding diaryl/α,β-unsaturated/α-hetero) is 1. The molecule has 2 unspecified atom stereocenters. The smallest absolute Gasteiger partial charge is 0.155 e. The van der Waals surface area contributed by atoms with Crippen molar-refractivity contribution in [1.82, 2.24) is 5.32 Å². The lowest BCUT2D eigenvalue weighted by Gasteiger charge is -2.41. The van der Waals surface area contributed by atoms with Gasteiger partial charge in [-0.3, -0.25) is 4.79 Å². The van der Waals surface area contributed by atoms with Gasteiger partial charge in [0.25, 0.3) is 0 Å². The fourth-order valence-electron chi connectivity index (χ4n) is 3.46. The molecule has 0 aromatic carbocycles. The van der Waals surface area contributed by atoms with Crippen LogP contribution < -0.4 is 5.32 Å². The van der Waals surface area contributed by atoms with Crippen LogP contribution in [0.25, 0.3) is 0 Å². The third kappa shape index (κ3) is 4.87. The SMILES string of the molecule is CC(C)NC(CC1CCCCC1(C)C)C(=O)C(C)(C)C. The van der Waals surface area contributed by atoms with Gasteiger partial charge in [0.1, 0.15) is 0 Å². The van der Waals surface area contributed by atoms with Gasteiger partial charge >= 0.3 is 0 Å². The topological polar surface area (TPSA) is 29.1 Å². The molecule has 2 heteroatoms. The zero-order valence-corrected chi connectivity index (χ0v) is 14.7. The van der Waals surface area contributed by atoms with Crippen LogP contribution in [0.1, 0.15) is 80.6 Å². The van der Waals surface area contributed by atoms with Crippen molar-refractivity contribution in [3.8, 4) is 0 Å². The molecule has 0 aromatic rings. The Morgan fingerprint density at radius 3 is 2.30 bits per heavy atom. The first-order valence-electron chi connectivity index (χ1n) is 8.34. The van der Waals surface area contributed by atoms with Gasteiger partial charge in [0.2, 0.25) is 0 Å². The second-order valence-electron chi connectivity index (χ2n) is 8.66. The largest absolute Gasteiger partial charge is 0.305 e. The molecule has 0 radical (unpaired) electrons. The molecule has 2 nitrogen and oxygen atoms in total. The average Bonchev–Trinajstić information content (AvgIpc) is 2.27. The Balaban J connectivity index is 2.81. The van der Waals surface area contributed by atoms with E-state index in [0.29, 0.717) is 23.2 Å². The van der Waals surface area contributed by atoms with Gasteiger partial charge in [-0.15, -0.1) is 0 Å². The number of carbonyl (C=O) groups excluding carboxylic acids is 1. The lowest BCUT2D eigenvalue weighted by Crippen LogP contribution is -2.48. The summed E-state index contributed by atoms with van der Waals surface area (Å²) in [7, 11) is 0. The quantitative estimate of drug-likeness (QED) is 0.799. The van der Waals surface area contributed by atoms with E-state index in [1.807, 2.05) is 20.8 Å². The lowest BCUT2D eigenvalue weighted by molar-refractivity contribution is -0.129. The van der Waals surface area contributed by atoms with E-state index in [4.69, 9.17) is 0 Å². The number of nitrogens with one attached hydrogen (secondary N) is 1. The highest BCUT2D eigenvalue weighted by Crippen LogP contribution is 2.43. The van der Waals surface area contributed by atoms with Crippen LogP contribution in [0.15, 0.2) is 0 Å². The highest BCUT2D eigenvalue weighted by Gasteiger charge is 2.37. The molecule has 0 amide bonds. The molecule has 2 atom stereocenters. The first kappa shape index (κ1) is 17.7. The summed E-state index contributed by atoms with van der Waals surface area (Å²) in [4.78, 5) is 12.7. The Morgan fingerprint density at radius 2 is 1.85 bits per heavy atom. The Morgan fingerprint density at radius 1 is 1.25 bits per heavy atom. The molecule has 1 rings (SSSR count). The van der Waals surface area contributed by atoms with Crippen molar-refractivity contribution in [2.24, 2.45) is 16.7 Å². The van der Waals surface area contributed by atoms with E-state index in [2.05, 4.69) is 33.0 Å². The summed E-state index contributed by atoms with van der Waals surface area (Å²) in [6.45, 7) is 15.1. The number of ketones is 1. The maximum atomic E-state index is 12.7. The fraction of sp³-hybridized carbons (Fsp3) is 0.944. The molecule has 0 bridgehead atoms. The molecule has 0 spiro atoms. The second-order valence-corrected chi connectivity index (χ2v) is 8.66. The third-order valence-electron chi connectivity index (χ3n) is 4.84. The Labute approximate surface area is 126 Å². The van der Waals surface area contributed by atoms with Crippen molar-refractivity contribution in [3.63, 3.8) is 0 Å². The standard InChI is InChI=1S/C18H35NO/c1-13(2)19-15(16(20)17(3,4)5)12-14-10-8-9-11-18(14,6)7/h13-15,19H,8-12H2,1-7H3. The summed E-state index contributed by atoms with van der Waals surface area (Å²) in [6, 6.07) is 0.371. The van der Waals surface area contributed by atoms with Gasteiger partial charge in [-0.05, 0) is 30.6 Å². The molecule has 1 saturated carbocycles. The molecule has 0 aromatic heterocycles. The van der Waals surface area contributed by atoms with Crippen molar-refractivity contribution in [1.29, 1.82) is 0 Å². The molecular weight excluding hydrogens is 246 g/mol. The molecule has 0 heterocycles. The summed E-state index contributed by atoms with van der Waals surface area (Å²) >= 11 is 0. The van der Waals surface area contributed by atoms with E-state index in [9.17, 15) is 4.79 Å². The summed E-state index contributed by atoms with van der Waals surface area (Å²) in [5, 5.41) is 3.52. The van der Waals surface area contributed by atoms with Crippen LogP contribution >= 0.6 is 0 Å². The van der Waals surface area contributed by atoms with Gasteiger partial charge in [0.05, 0.1) is 6.04 Å². The van der Waals surface area contributed by atoms with Crippen LogP contribution in [0.4, 0.5) is 0 Å². The van der Waals surface area contributed by atoms with E-state index < -0.39 is 0 Å². The molecule has 1 aliphatic carbocycles. The number of carbonyl (C=O) groups is 1. The van der Waals surface area contributed by atoms with Crippen LogP contribution in [0.5, 0.6) is 0 Å². The first-order chi connectivity index (χ1) is 9.04.